The van der Waals surface area contributed by atoms with Crippen LogP contribution in [-0.2, 0) is 20.9 Å². The van der Waals surface area contributed by atoms with E-state index >= 15 is 0 Å². The minimum Gasteiger partial charge on any atom is -0.464 e. The molecule has 1 atom stereocenters. The monoisotopic (exact) mass is 307 g/mol. The molecular weight excluding hydrogens is 282 g/mol. The van der Waals surface area contributed by atoms with Crippen LogP contribution >= 0.6 is 0 Å². The third-order valence-electron chi connectivity index (χ3n) is 3.21. The summed E-state index contributed by atoms with van der Waals surface area (Å²) in [6, 6.07) is 8.80. The van der Waals surface area contributed by atoms with E-state index in [4.69, 9.17) is 9.47 Å². The Balaban J connectivity index is 2.64. The van der Waals surface area contributed by atoms with Gasteiger partial charge in [-0.05, 0) is 24.8 Å². The molecule has 0 radical (unpaired) electrons. The Kier molecular flexibility index (Phi) is 7.43. The largest absolute Gasteiger partial charge is 0.464 e. The maximum Gasteiger partial charge on any atom is 0.410 e. The van der Waals surface area contributed by atoms with E-state index in [2.05, 4.69) is 0 Å². The van der Waals surface area contributed by atoms with Crippen LogP contribution in [0.1, 0.15) is 32.8 Å². The fraction of sp³-hybridized carbons (Fsp3) is 0.529. The minimum atomic E-state index is -0.622. The van der Waals surface area contributed by atoms with E-state index in [9.17, 15) is 9.59 Å². The molecule has 1 aromatic rings. The molecule has 1 amide bonds. The molecule has 0 heterocycles. The number of amides is 1. The SMILES string of the molecule is CCOC(=O)C(CC(C)C)N(C)C(=O)OCc1ccccc1. The van der Waals surface area contributed by atoms with E-state index in [1.807, 2.05) is 44.2 Å². The number of ether oxygens (including phenoxy) is 2. The second-order valence-electron chi connectivity index (χ2n) is 5.55. The van der Waals surface area contributed by atoms with Gasteiger partial charge in [0.15, 0.2) is 0 Å². The van der Waals surface area contributed by atoms with Crippen molar-refractivity contribution < 1.29 is 19.1 Å². The smallest absolute Gasteiger partial charge is 0.410 e. The summed E-state index contributed by atoms with van der Waals surface area (Å²) in [7, 11) is 1.57. The quantitative estimate of drug-likeness (QED) is 0.726. The molecule has 5 heteroatoms. The molecule has 1 aromatic carbocycles. The summed E-state index contributed by atoms with van der Waals surface area (Å²) >= 11 is 0. The second-order valence-corrected chi connectivity index (χ2v) is 5.55. The molecule has 0 aromatic heterocycles. The summed E-state index contributed by atoms with van der Waals surface area (Å²) in [6.45, 7) is 6.21. The summed E-state index contributed by atoms with van der Waals surface area (Å²) in [5.41, 5.74) is 0.904. The number of rotatable bonds is 7. The lowest BCUT2D eigenvalue weighted by molar-refractivity contribution is -0.149. The zero-order valence-corrected chi connectivity index (χ0v) is 13.7. The van der Waals surface area contributed by atoms with Crippen molar-refractivity contribution >= 4 is 12.1 Å². The zero-order chi connectivity index (χ0) is 16.5. The molecular formula is C17H25NO4. The van der Waals surface area contributed by atoms with Gasteiger partial charge in [0.1, 0.15) is 12.6 Å². The van der Waals surface area contributed by atoms with Crippen molar-refractivity contribution in [3.05, 3.63) is 35.9 Å². The van der Waals surface area contributed by atoms with Crippen LogP contribution in [0.5, 0.6) is 0 Å². The fourth-order valence-corrected chi connectivity index (χ4v) is 2.05. The summed E-state index contributed by atoms with van der Waals surface area (Å²) < 4.78 is 10.3. The first-order chi connectivity index (χ1) is 10.5. The molecule has 0 fully saturated rings. The number of nitrogens with zero attached hydrogens (tertiary/aromatic N) is 1. The standard InChI is InChI=1S/C17H25NO4/c1-5-21-16(19)15(11-13(2)3)18(4)17(20)22-12-14-9-7-6-8-10-14/h6-10,13,15H,5,11-12H2,1-4H3. The minimum absolute atomic E-state index is 0.182. The normalized spacial score (nSPS) is 11.9. The van der Waals surface area contributed by atoms with Gasteiger partial charge in [-0.25, -0.2) is 9.59 Å². The number of likely N-dealkylation sites (N-methyl/N-ethyl adjacent to an activating group) is 1. The van der Waals surface area contributed by atoms with Crippen LogP contribution in [0.15, 0.2) is 30.3 Å². The third kappa shape index (κ3) is 5.76. The van der Waals surface area contributed by atoms with Crippen molar-refractivity contribution in [2.45, 2.75) is 39.8 Å². The van der Waals surface area contributed by atoms with E-state index in [1.54, 1.807) is 14.0 Å². The van der Waals surface area contributed by atoms with Crippen LogP contribution in [0.25, 0.3) is 0 Å². The lowest BCUT2D eigenvalue weighted by Gasteiger charge is -2.27. The highest BCUT2D eigenvalue weighted by atomic mass is 16.6. The molecule has 0 aliphatic heterocycles. The van der Waals surface area contributed by atoms with Crippen molar-refractivity contribution in [2.24, 2.45) is 5.92 Å². The van der Waals surface area contributed by atoms with Crippen LogP contribution in [0.3, 0.4) is 0 Å². The molecule has 1 rings (SSSR count). The van der Waals surface area contributed by atoms with E-state index in [-0.39, 0.29) is 12.5 Å². The molecule has 0 spiro atoms. The van der Waals surface area contributed by atoms with E-state index in [0.717, 1.165) is 5.56 Å². The molecule has 0 aliphatic carbocycles. The number of carbonyl (C=O) groups excluding carboxylic acids is 2. The average molecular weight is 307 g/mol. The first-order valence-corrected chi connectivity index (χ1v) is 7.55. The van der Waals surface area contributed by atoms with Gasteiger partial charge >= 0.3 is 12.1 Å². The Morgan fingerprint density at radius 2 is 1.77 bits per heavy atom. The number of esters is 1. The molecule has 22 heavy (non-hydrogen) atoms. The maximum absolute atomic E-state index is 12.1. The van der Waals surface area contributed by atoms with Crippen LogP contribution < -0.4 is 0 Å². The number of hydrogen-bond donors (Lipinski definition) is 0. The summed E-state index contributed by atoms with van der Waals surface area (Å²) in [4.78, 5) is 25.5. The van der Waals surface area contributed by atoms with Gasteiger partial charge in [-0.1, -0.05) is 44.2 Å². The number of hydrogen-bond acceptors (Lipinski definition) is 4. The summed E-state index contributed by atoms with van der Waals surface area (Å²) in [6.07, 6.45) is 0.0121. The van der Waals surface area contributed by atoms with Crippen LogP contribution in [0.2, 0.25) is 0 Å². The van der Waals surface area contributed by atoms with Gasteiger partial charge in [-0.2, -0.15) is 0 Å². The van der Waals surface area contributed by atoms with Gasteiger partial charge in [0.05, 0.1) is 6.61 Å². The van der Waals surface area contributed by atoms with E-state index in [0.29, 0.717) is 13.0 Å². The van der Waals surface area contributed by atoms with Gasteiger partial charge in [0, 0.05) is 7.05 Å². The molecule has 0 N–H and O–H groups in total. The lowest BCUT2D eigenvalue weighted by Crippen LogP contribution is -2.44. The first kappa shape index (κ1) is 18.0. The molecule has 0 saturated heterocycles. The maximum atomic E-state index is 12.1. The zero-order valence-electron chi connectivity index (χ0n) is 13.7. The Morgan fingerprint density at radius 3 is 2.32 bits per heavy atom. The summed E-state index contributed by atoms with van der Waals surface area (Å²) in [5.74, 6) is -0.130. The lowest BCUT2D eigenvalue weighted by atomic mass is 10.0. The van der Waals surface area contributed by atoms with Crippen LogP contribution in [0, 0.1) is 5.92 Å². The average Bonchev–Trinajstić information content (AvgIpc) is 2.50. The molecule has 0 bridgehead atoms. The predicted octanol–water partition coefficient (Wildman–Crippen LogP) is 3.23. The molecule has 0 saturated carbocycles. The van der Waals surface area contributed by atoms with E-state index < -0.39 is 18.1 Å². The Labute approximate surface area is 132 Å². The molecule has 1 unspecified atom stereocenters. The molecule has 122 valence electrons. The Morgan fingerprint density at radius 1 is 1.14 bits per heavy atom. The number of carbonyl (C=O) groups is 2. The van der Waals surface area contributed by atoms with Gasteiger partial charge in [-0.15, -0.1) is 0 Å². The highest BCUT2D eigenvalue weighted by molar-refractivity contribution is 5.81. The number of benzene rings is 1. The third-order valence-corrected chi connectivity index (χ3v) is 3.21. The summed E-state index contributed by atoms with van der Waals surface area (Å²) in [5, 5.41) is 0. The van der Waals surface area contributed by atoms with Gasteiger partial charge in [0.25, 0.3) is 0 Å². The van der Waals surface area contributed by atoms with Crippen molar-refractivity contribution in [2.75, 3.05) is 13.7 Å². The van der Waals surface area contributed by atoms with Crippen molar-refractivity contribution in [1.29, 1.82) is 0 Å². The first-order valence-electron chi connectivity index (χ1n) is 7.55. The Hall–Kier alpha value is -2.04. The Bertz CT molecular complexity index is 473. The molecule has 5 nitrogen and oxygen atoms in total. The van der Waals surface area contributed by atoms with Crippen LogP contribution in [0.4, 0.5) is 4.79 Å². The predicted molar refractivity (Wildman–Crippen MR) is 84.3 cm³/mol. The van der Waals surface area contributed by atoms with Gasteiger partial charge < -0.3 is 9.47 Å². The van der Waals surface area contributed by atoms with Crippen LogP contribution in [-0.4, -0.2) is 36.7 Å². The van der Waals surface area contributed by atoms with Gasteiger partial charge in [-0.3, -0.25) is 4.90 Å². The van der Waals surface area contributed by atoms with Crippen molar-refractivity contribution in [1.82, 2.24) is 4.90 Å². The van der Waals surface area contributed by atoms with Crippen molar-refractivity contribution in [3.63, 3.8) is 0 Å². The second kappa shape index (κ2) is 9.07. The fourth-order valence-electron chi connectivity index (χ4n) is 2.05. The van der Waals surface area contributed by atoms with E-state index in [1.165, 1.54) is 4.90 Å². The molecule has 0 aliphatic rings. The van der Waals surface area contributed by atoms with Crippen molar-refractivity contribution in [3.8, 4) is 0 Å². The highest BCUT2D eigenvalue weighted by Gasteiger charge is 2.29. The topological polar surface area (TPSA) is 55.8 Å². The highest BCUT2D eigenvalue weighted by Crippen LogP contribution is 2.14. The van der Waals surface area contributed by atoms with Gasteiger partial charge in [0.2, 0.25) is 0 Å².